The van der Waals surface area contributed by atoms with Gasteiger partial charge in [-0.25, -0.2) is 4.68 Å². The third kappa shape index (κ3) is 2.05. The van der Waals surface area contributed by atoms with E-state index in [1.54, 1.807) is 17.1 Å². The van der Waals surface area contributed by atoms with Gasteiger partial charge in [0, 0.05) is 23.5 Å². The molecule has 0 atom stereocenters. The molecule has 0 aliphatic carbocycles. The van der Waals surface area contributed by atoms with Gasteiger partial charge in [0.2, 0.25) is 0 Å². The topological polar surface area (TPSA) is 50.7 Å². The predicted octanol–water partition coefficient (Wildman–Crippen LogP) is 2.84. The second kappa shape index (κ2) is 4.81. The molecular formula is C16H15N3O. The Morgan fingerprint density at radius 3 is 2.70 bits per heavy atom. The molecule has 20 heavy (non-hydrogen) atoms. The molecule has 0 bridgehead atoms. The largest absolute Gasteiger partial charge is 0.290 e. The molecule has 1 N–H and O–H groups in total. The zero-order valence-corrected chi connectivity index (χ0v) is 11.4. The lowest BCUT2D eigenvalue weighted by atomic mass is 10.1. The molecule has 2 heterocycles. The third-order valence-corrected chi connectivity index (χ3v) is 3.33. The Labute approximate surface area is 116 Å². The Bertz CT molecular complexity index is 800. The Hall–Kier alpha value is -2.62. The van der Waals surface area contributed by atoms with Gasteiger partial charge in [-0.05, 0) is 43.7 Å². The molecule has 4 nitrogen and oxygen atoms in total. The van der Waals surface area contributed by atoms with Crippen LogP contribution >= 0.6 is 0 Å². The molecule has 100 valence electrons. The van der Waals surface area contributed by atoms with Crippen LogP contribution in [0.2, 0.25) is 0 Å². The van der Waals surface area contributed by atoms with E-state index in [2.05, 4.69) is 10.1 Å². The maximum absolute atomic E-state index is 12.4. The van der Waals surface area contributed by atoms with Crippen LogP contribution in [0, 0.1) is 13.8 Å². The summed E-state index contributed by atoms with van der Waals surface area (Å²) in [5.74, 6) is 0. The van der Waals surface area contributed by atoms with Crippen LogP contribution < -0.4 is 5.56 Å². The minimum Gasteiger partial charge on any atom is -0.290 e. The second-order valence-electron chi connectivity index (χ2n) is 4.83. The van der Waals surface area contributed by atoms with Crippen molar-refractivity contribution in [3.05, 3.63) is 70.3 Å². The maximum Gasteiger partial charge on any atom is 0.274 e. The summed E-state index contributed by atoms with van der Waals surface area (Å²) in [4.78, 5) is 16.5. The van der Waals surface area contributed by atoms with Crippen molar-refractivity contribution < 1.29 is 0 Å². The van der Waals surface area contributed by atoms with E-state index in [-0.39, 0.29) is 5.56 Å². The summed E-state index contributed by atoms with van der Waals surface area (Å²) in [6, 6.07) is 11.6. The molecule has 0 aliphatic rings. The number of aromatic amines is 1. The van der Waals surface area contributed by atoms with Crippen LogP contribution in [0.5, 0.6) is 0 Å². The van der Waals surface area contributed by atoms with Crippen molar-refractivity contribution in [2.24, 2.45) is 0 Å². The normalized spacial score (nSPS) is 10.7. The smallest absolute Gasteiger partial charge is 0.274 e. The lowest BCUT2D eigenvalue weighted by molar-refractivity contribution is 0.849. The lowest BCUT2D eigenvalue weighted by Gasteiger charge is -2.03. The minimum atomic E-state index is -0.0329. The SMILES string of the molecule is Cc1cccc(-n2[nH]c(-c3cccnc3)c(C)c2=O)c1. The van der Waals surface area contributed by atoms with Gasteiger partial charge in [0.1, 0.15) is 0 Å². The summed E-state index contributed by atoms with van der Waals surface area (Å²) in [7, 11) is 0. The van der Waals surface area contributed by atoms with Gasteiger partial charge < -0.3 is 0 Å². The molecule has 2 aromatic heterocycles. The van der Waals surface area contributed by atoms with Crippen molar-refractivity contribution in [2.75, 3.05) is 0 Å². The lowest BCUT2D eigenvalue weighted by Crippen LogP contribution is -2.15. The van der Waals surface area contributed by atoms with Crippen LogP contribution in [0.1, 0.15) is 11.1 Å². The van der Waals surface area contributed by atoms with Crippen molar-refractivity contribution in [3.63, 3.8) is 0 Å². The Balaban J connectivity index is 2.18. The summed E-state index contributed by atoms with van der Waals surface area (Å²) >= 11 is 0. The van der Waals surface area contributed by atoms with Gasteiger partial charge in [0.05, 0.1) is 11.4 Å². The first-order valence-electron chi connectivity index (χ1n) is 6.46. The van der Waals surface area contributed by atoms with E-state index in [4.69, 9.17) is 0 Å². The molecule has 3 aromatic rings. The van der Waals surface area contributed by atoms with Gasteiger partial charge in [-0.2, -0.15) is 0 Å². The van der Waals surface area contributed by atoms with Gasteiger partial charge in [-0.15, -0.1) is 0 Å². The first kappa shape index (κ1) is 12.4. The van der Waals surface area contributed by atoms with Gasteiger partial charge in [0.25, 0.3) is 5.56 Å². The summed E-state index contributed by atoms with van der Waals surface area (Å²) in [5, 5.41) is 3.17. The van der Waals surface area contributed by atoms with Crippen LogP contribution in [0.4, 0.5) is 0 Å². The fourth-order valence-electron chi connectivity index (χ4n) is 2.26. The van der Waals surface area contributed by atoms with E-state index >= 15 is 0 Å². The van der Waals surface area contributed by atoms with Gasteiger partial charge in [0.15, 0.2) is 0 Å². The molecule has 0 fully saturated rings. The molecule has 1 aromatic carbocycles. The number of hydrogen-bond acceptors (Lipinski definition) is 2. The van der Waals surface area contributed by atoms with E-state index in [0.29, 0.717) is 5.56 Å². The van der Waals surface area contributed by atoms with E-state index < -0.39 is 0 Å². The summed E-state index contributed by atoms with van der Waals surface area (Å²) < 4.78 is 1.57. The summed E-state index contributed by atoms with van der Waals surface area (Å²) in [5.41, 5.74) is 4.34. The highest BCUT2D eigenvalue weighted by Crippen LogP contribution is 2.19. The van der Waals surface area contributed by atoms with Gasteiger partial charge in [-0.1, -0.05) is 12.1 Å². The molecular weight excluding hydrogens is 250 g/mol. The number of rotatable bonds is 2. The van der Waals surface area contributed by atoms with E-state index in [0.717, 1.165) is 22.5 Å². The van der Waals surface area contributed by atoms with Crippen molar-refractivity contribution in [1.82, 2.24) is 14.8 Å². The number of aromatic nitrogens is 3. The average Bonchev–Trinajstić information content (AvgIpc) is 2.76. The van der Waals surface area contributed by atoms with E-state index in [9.17, 15) is 4.79 Å². The summed E-state index contributed by atoms with van der Waals surface area (Å²) in [6.07, 6.45) is 3.47. The quantitative estimate of drug-likeness (QED) is 0.774. The van der Waals surface area contributed by atoms with E-state index in [1.807, 2.05) is 50.2 Å². The first-order valence-corrected chi connectivity index (χ1v) is 6.46. The molecule has 0 amide bonds. The predicted molar refractivity (Wildman–Crippen MR) is 79.1 cm³/mol. The standard InChI is InChI=1S/C16H15N3O/c1-11-5-3-7-14(9-11)19-16(20)12(2)15(18-19)13-6-4-8-17-10-13/h3-10,18H,1-2H3. The molecule has 0 unspecified atom stereocenters. The molecule has 0 saturated carbocycles. The summed E-state index contributed by atoms with van der Waals surface area (Å²) in [6.45, 7) is 3.83. The van der Waals surface area contributed by atoms with Crippen molar-refractivity contribution in [1.29, 1.82) is 0 Å². The molecule has 0 aliphatic heterocycles. The average molecular weight is 265 g/mol. The number of pyridine rings is 1. The van der Waals surface area contributed by atoms with Crippen molar-refractivity contribution in [3.8, 4) is 16.9 Å². The fraction of sp³-hybridized carbons (Fsp3) is 0.125. The minimum absolute atomic E-state index is 0.0329. The van der Waals surface area contributed by atoms with Crippen LogP contribution in [-0.2, 0) is 0 Å². The van der Waals surface area contributed by atoms with Crippen LogP contribution in [0.25, 0.3) is 16.9 Å². The first-order chi connectivity index (χ1) is 9.66. The molecule has 0 radical (unpaired) electrons. The second-order valence-corrected chi connectivity index (χ2v) is 4.83. The number of H-pyrrole nitrogens is 1. The Morgan fingerprint density at radius 2 is 2.00 bits per heavy atom. The van der Waals surface area contributed by atoms with Crippen molar-refractivity contribution in [2.45, 2.75) is 13.8 Å². The number of benzene rings is 1. The van der Waals surface area contributed by atoms with Gasteiger partial charge >= 0.3 is 0 Å². The molecule has 3 rings (SSSR count). The van der Waals surface area contributed by atoms with Crippen LogP contribution in [0.3, 0.4) is 0 Å². The van der Waals surface area contributed by atoms with Crippen molar-refractivity contribution >= 4 is 0 Å². The third-order valence-electron chi connectivity index (χ3n) is 3.33. The zero-order valence-electron chi connectivity index (χ0n) is 11.4. The number of hydrogen-bond donors (Lipinski definition) is 1. The Kier molecular flexibility index (Phi) is 2.99. The number of aryl methyl sites for hydroxylation is 1. The fourth-order valence-corrected chi connectivity index (χ4v) is 2.26. The highest BCUT2D eigenvalue weighted by Gasteiger charge is 2.12. The number of nitrogens with one attached hydrogen (secondary N) is 1. The highest BCUT2D eigenvalue weighted by molar-refractivity contribution is 5.61. The zero-order chi connectivity index (χ0) is 14.1. The maximum atomic E-state index is 12.4. The van der Waals surface area contributed by atoms with Crippen LogP contribution in [-0.4, -0.2) is 14.8 Å². The van der Waals surface area contributed by atoms with E-state index in [1.165, 1.54) is 0 Å². The van der Waals surface area contributed by atoms with Gasteiger partial charge in [-0.3, -0.25) is 14.9 Å². The highest BCUT2D eigenvalue weighted by atomic mass is 16.1. The molecule has 4 heteroatoms. The molecule has 0 saturated heterocycles. The monoisotopic (exact) mass is 265 g/mol. The van der Waals surface area contributed by atoms with Crippen LogP contribution in [0.15, 0.2) is 53.6 Å². The Morgan fingerprint density at radius 1 is 1.15 bits per heavy atom. The number of nitrogens with zero attached hydrogens (tertiary/aromatic N) is 2. The molecule has 0 spiro atoms.